The first-order chi connectivity index (χ1) is 8.84. The van der Waals surface area contributed by atoms with E-state index in [1.807, 2.05) is 4.90 Å². The van der Waals surface area contributed by atoms with Crippen LogP contribution in [0.2, 0.25) is 0 Å². The van der Waals surface area contributed by atoms with Crippen LogP contribution in [-0.2, 0) is 4.79 Å². The summed E-state index contributed by atoms with van der Waals surface area (Å²) < 4.78 is 0. The number of carbonyl (C=O) groups excluding carboxylic acids is 1. The molecule has 2 aliphatic rings. The van der Waals surface area contributed by atoms with Gasteiger partial charge in [0, 0.05) is 11.4 Å². The predicted octanol–water partition coefficient (Wildman–Crippen LogP) is 2.76. The lowest BCUT2D eigenvalue weighted by Gasteiger charge is -2.24. The summed E-state index contributed by atoms with van der Waals surface area (Å²) in [7, 11) is 0. The Morgan fingerprint density at radius 3 is 2.94 bits per heavy atom. The molecular weight excluding hydrogens is 244 g/mol. The third-order valence-corrected chi connectivity index (χ3v) is 5.07. The fourth-order valence-electron chi connectivity index (χ4n) is 3.12. The average Bonchev–Trinajstić information content (AvgIpc) is 3.08. The molecule has 1 saturated heterocycles. The zero-order valence-corrected chi connectivity index (χ0v) is 11.4. The van der Waals surface area contributed by atoms with Crippen molar-refractivity contribution in [2.24, 2.45) is 5.92 Å². The molecule has 0 bridgehead atoms. The fourth-order valence-corrected chi connectivity index (χ4v) is 3.93. The Balaban J connectivity index is 1.62. The molecule has 18 heavy (non-hydrogen) atoms. The predicted molar refractivity (Wildman–Crippen MR) is 73.4 cm³/mol. The molecule has 0 spiro atoms. The Morgan fingerprint density at radius 1 is 1.39 bits per heavy atom. The molecule has 2 fully saturated rings. The van der Waals surface area contributed by atoms with E-state index in [1.165, 1.54) is 37.0 Å². The van der Waals surface area contributed by atoms with Crippen LogP contribution in [-0.4, -0.2) is 23.9 Å². The number of nitrogens with zero attached hydrogens (tertiary/aromatic N) is 1. The van der Waals surface area contributed by atoms with Gasteiger partial charge in [-0.2, -0.15) is 0 Å². The summed E-state index contributed by atoms with van der Waals surface area (Å²) in [6.07, 6.45) is 6.78. The van der Waals surface area contributed by atoms with Crippen molar-refractivity contribution in [3.05, 3.63) is 22.4 Å². The molecule has 0 radical (unpaired) electrons. The second kappa shape index (κ2) is 5.41. The summed E-state index contributed by atoms with van der Waals surface area (Å²) in [6.45, 7) is 1.41. The number of amides is 1. The summed E-state index contributed by atoms with van der Waals surface area (Å²) in [5, 5.41) is 5.40. The number of rotatable bonds is 4. The van der Waals surface area contributed by atoms with Crippen molar-refractivity contribution in [3.8, 4) is 0 Å². The number of hydrogen-bond donors (Lipinski definition) is 1. The summed E-state index contributed by atoms with van der Waals surface area (Å²) in [4.78, 5) is 15.2. The molecule has 98 valence electrons. The molecule has 2 heterocycles. The van der Waals surface area contributed by atoms with Crippen molar-refractivity contribution in [3.63, 3.8) is 0 Å². The van der Waals surface area contributed by atoms with E-state index in [1.54, 1.807) is 11.3 Å². The van der Waals surface area contributed by atoms with E-state index in [9.17, 15) is 4.79 Å². The minimum absolute atomic E-state index is 0.124. The number of hydrogen-bond acceptors (Lipinski definition) is 3. The third kappa shape index (κ3) is 2.45. The first-order valence-electron chi connectivity index (χ1n) is 6.91. The van der Waals surface area contributed by atoms with Crippen LogP contribution in [0.3, 0.4) is 0 Å². The standard InChI is InChI=1S/C14H20N2OS/c17-13-10-15-14(12-6-3-9-18-12)16(13)8-7-11-4-1-2-5-11/h3,6,9,11,14-15H,1-2,4-5,7-8,10H2. The monoisotopic (exact) mass is 264 g/mol. The van der Waals surface area contributed by atoms with Crippen LogP contribution in [0.5, 0.6) is 0 Å². The van der Waals surface area contributed by atoms with E-state index in [2.05, 4.69) is 22.8 Å². The summed E-state index contributed by atoms with van der Waals surface area (Å²) in [6, 6.07) is 4.17. The lowest BCUT2D eigenvalue weighted by atomic mass is 10.0. The van der Waals surface area contributed by atoms with E-state index >= 15 is 0 Å². The molecule has 1 saturated carbocycles. The average molecular weight is 264 g/mol. The molecule has 1 aliphatic carbocycles. The van der Waals surface area contributed by atoms with Crippen molar-refractivity contribution in [2.45, 2.75) is 38.3 Å². The van der Waals surface area contributed by atoms with Gasteiger partial charge in [-0.15, -0.1) is 11.3 Å². The van der Waals surface area contributed by atoms with Crippen LogP contribution in [0, 0.1) is 5.92 Å². The molecule has 1 atom stereocenters. The Morgan fingerprint density at radius 2 is 2.22 bits per heavy atom. The Hall–Kier alpha value is -0.870. The van der Waals surface area contributed by atoms with Crippen molar-refractivity contribution in [1.82, 2.24) is 10.2 Å². The van der Waals surface area contributed by atoms with E-state index < -0.39 is 0 Å². The normalized spacial score (nSPS) is 25.2. The highest BCUT2D eigenvalue weighted by Gasteiger charge is 2.32. The fraction of sp³-hybridized carbons (Fsp3) is 0.643. The van der Waals surface area contributed by atoms with Crippen molar-refractivity contribution >= 4 is 17.2 Å². The van der Waals surface area contributed by atoms with Crippen LogP contribution in [0.15, 0.2) is 17.5 Å². The van der Waals surface area contributed by atoms with Crippen LogP contribution < -0.4 is 5.32 Å². The van der Waals surface area contributed by atoms with Crippen molar-refractivity contribution in [1.29, 1.82) is 0 Å². The quantitative estimate of drug-likeness (QED) is 0.907. The van der Waals surface area contributed by atoms with Gasteiger partial charge in [-0.05, 0) is 23.8 Å². The van der Waals surface area contributed by atoms with Gasteiger partial charge in [0.1, 0.15) is 6.17 Å². The topological polar surface area (TPSA) is 32.3 Å². The van der Waals surface area contributed by atoms with Crippen LogP contribution in [0.1, 0.15) is 43.1 Å². The van der Waals surface area contributed by atoms with Gasteiger partial charge in [0.15, 0.2) is 0 Å². The molecule has 1 N–H and O–H groups in total. The summed E-state index contributed by atoms with van der Waals surface area (Å²) in [5.74, 6) is 1.11. The molecular formula is C14H20N2OS. The van der Waals surface area contributed by atoms with Crippen LogP contribution in [0.25, 0.3) is 0 Å². The molecule has 1 aromatic heterocycles. The first-order valence-corrected chi connectivity index (χ1v) is 7.79. The Kier molecular flexibility index (Phi) is 3.66. The van der Waals surface area contributed by atoms with E-state index in [4.69, 9.17) is 0 Å². The van der Waals surface area contributed by atoms with Crippen LogP contribution in [0.4, 0.5) is 0 Å². The first kappa shape index (κ1) is 12.2. The number of carbonyl (C=O) groups is 1. The largest absolute Gasteiger partial charge is 0.321 e. The Labute approximate surface area is 112 Å². The maximum atomic E-state index is 12.0. The van der Waals surface area contributed by atoms with Gasteiger partial charge in [-0.3, -0.25) is 10.1 Å². The zero-order chi connectivity index (χ0) is 12.4. The number of nitrogens with one attached hydrogen (secondary N) is 1. The Bertz CT molecular complexity index is 398. The zero-order valence-electron chi connectivity index (χ0n) is 10.6. The molecule has 3 rings (SSSR count). The third-order valence-electron chi connectivity index (χ3n) is 4.14. The SMILES string of the molecule is O=C1CNC(c2cccs2)N1CCC1CCCC1. The lowest BCUT2D eigenvalue weighted by molar-refractivity contribution is -0.128. The molecule has 1 aliphatic heterocycles. The molecule has 1 aromatic rings. The van der Waals surface area contributed by atoms with Crippen molar-refractivity contribution in [2.75, 3.05) is 13.1 Å². The van der Waals surface area contributed by atoms with E-state index in [0.29, 0.717) is 6.54 Å². The van der Waals surface area contributed by atoms with E-state index in [-0.39, 0.29) is 12.1 Å². The van der Waals surface area contributed by atoms with Gasteiger partial charge in [0.2, 0.25) is 5.91 Å². The summed E-state index contributed by atoms with van der Waals surface area (Å²) >= 11 is 1.73. The van der Waals surface area contributed by atoms with Gasteiger partial charge >= 0.3 is 0 Å². The highest BCUT2D eigenvalue weighted by molar-refractivity contribution is 7.10. The highest BCUT2D eigenvalue weighted by Crippen LogP contribution is 2.30. The van der Waals surface area contributed by atoms with Gasteiger partial charge < -0.3 is 4.90 Å². The molecule has 3 nitrogen and oxygen atoms in total. The molecule has 1 amide bonds. The smallest absolute Gasteiger partial charge is 0.238 e. The second-order valence-electron chi connectivity index (χ2n) is 5.33. The lowest BCUT2D eigenvalue weighted by Crippen LogP contribution is -2.31. The van der Waals surface area contributed by atoms with Crippen molar-refractivity contribution < 1.29 is 4.79 Å². The van der Waals surface area contributed by atoms with Gasteiger partial charge in [-0.1, -0.05) is 31.7 Å². The molecule has 0 aromatic carbocycles. The minimum atomic E-state index is 0.124. The number of thiophene rings is 1. The van der Waals surface area contributed by atoms with Gasteiger partial charge in [0.05, 0.1) is 6.54 Å². The van der Waals surface area contributed by atoms with Crippen LogP contribution >= 0.6 is 11.3 Å². The highest BCUT2D eigenvalue weighted by atomic mass is 32.1. The maximum Gasteiger partial charge on any atom is 0.238 e. The second-order valence-corrected chi connectivity index (χ2v) is 6.30. The molecule has 4 heteroatoms. The van der Waals surface area contributed by atoms with E-state index in [0.717, 1.165) is 12.5 Å². The minimum Gasteiger partial charge on any atom is -0.321 e. The van der Waals surface area contributed by atoms with Gasteiger partial charge in [0.25, 0.3) is 0 Å². The molecule has 1 unspecified atom stereocenters. The van der Waals surface area contributed by atoms with Gasteiger partial charge in [-0.25, -0.2) is 0 Å². The maximum absolute atomic E-state index is 12.0. The summed E-state index contributed by atoms with van der Waals surface area (Å²) in [5.41, 5.74) is 0.